The highest BCUT2D eigenvalue weighted by Crippen LogP contribution is 2.29. The van der Waals surface area contributed by atoms with E-state index in [2.05, 4.69) is 5.32 Å². The number of carbonyl (C=O) groups excluding carboxylic acids is 2. The summed E-state index contributed by atoms with van der Waals surface area (Å²) in [4.78, 5) is 28.3. The number of nitrogens with zero attached hydrogens (tertiary/aromatic N) is 2. The van der Waals surface area contributed by atoms with E-state index in [1.54, 1.807) is 4.90 Å². The lowest BCUT2D eigenvalue weighted by Gasteiger charge is -2.33. The van der Waals surface area contributed by atoms with Gasteiger partial charge in [-0.05, 0) is 62.9 Å². The number of carbonyl (C=O) groups is 2. The molecule has 1 N–H and O–H groups in total. The van der Waals surface area contributed by atoms with Gasteiger partial charge in [-0.25, -0.2) is 4.39 Å². The van der Waals surface area contributed by atoms with Crippen LogP contribution in [0.5, 0.6) is 0 Å². The first-order valence-corrected chi connectivity index (χ1v) is 10.3. The minimum atomic E-state index is -4.49. The summed E-state index contributed by atoms with van der Waals surface area (Å²) in [5, 5.41) is 2.72. The second kappa shape index (κ2) is 9.76. The van der Waals surface area contributed by atoms with E-state index in [9.17, 15) is 27.2 Å². The number of likely N-dealkylation sites (tertiary alicyclic amines) is 2. The Labute approximate surface area is 173 Å². The maximum Gasteiger partial charge on any atom is 0.416 e. The summed E-state index contributed by atoms with van der Waals surface area (Å²) in [6.07, 6.45) is -1.37. The minimum Gasteiger partial charge on any atom is -0.352 e. The Hall–Kier alpha value is -2.16. The normalized spacial score (nSPS) is 21.1. The molecular weight excluding hydrogens is 402 g/mol. The average molecular weight is 429 g/mol. The van der Waals surface area contributed by atoms with Gasteiger partial charge in [0.15, 0.2) is 0 Å². The molecule has 0 spiro atoms. The van der Waals surface area contributed by atoms with Crippen molar-refractivity contribution in [3.8, 4) is 0 Å². The standard InChI is InChI=1S/C21H27F4N3O2/c22-12-18-5-2-8-28(18)19(29)14-27-9-6-15(7-10-27)13-26-20(30)16-3-1-4-17(11-16)21(23,24)25/h1,3-4,11,15,18H,2,5-10,12-14H2,(H,26,30)/t18-/m0/s1. The Bertz CT molecular complexity index is 748. The highest BCUT2D eigenvalue weighted by Gasteiger charge is 2.32. The van der Waals surface area contributed by atoms with Crippen molar-refractivity contribution in [1.82, 2.24) is 15.1 Å². The Kier molecular flexibility index (Phi) is 7.33. The van der Waals surface area contributed by atoms with Crippen molar-refractivity contribution in [2.75, 3.05) is 39.4 Å². The largest absolute Gasteiger partial charge is 0.416 e. The van der Waals surface area contributed by atoms with E-state index in [4.69, 9.17) is 0 Å². The fourth-order valence-electron chi connectivity index (χ4n) is 4.13. The molecule has 1 aromatic carbocycles. The van der Waals surface area contributed by atoms with Gasteiger partial charge in [-0.15, -0.1) is 0 Å². The fourth-order valence-corrected chi connectivity index (χ4v) is 4.13. The number of piperidine rings is 1. The van der Waals surface area contributed by atoms with Gasteiger partial charge < -0.3 is 10.2 Å². The summed E-state index contributed by atoms with van der Waals surface area (Å²) in [6, 6.07) is 4.09. The SMILES string of the molecule is O=C(NCC1CCN(CC(=O)N2CCC[C@H]2CF)CC1)c1cccc(C(F)(F)F)c1. The van der Waals surface area contributed by atoms with Crippen LogP contribution in [0.25, 0.3) is 0 Å². The topological polar surface area (TPSA) is 52.7 Å². The third kappa shape index (κ3) is 5.71. The van der Waals surface area contributed by atoms with Gasteiger partial charge in [-0.1, -0.05) is 6.07 Å². The maximum absolute atomic E-state index is 13.0. The molecular formula is C21H27F4N3O2. The molecule has 2 fully saturated rings. The summed E-state index contributed by atoms with van der Waals surface area (Å²) in [5.41, 5.74) is -0.859. The molecule has 0 saturated carbocycles. The number of alkyl halides is 4. The molecule has 2 amide bonds. The van der Waals surface area contributed by atoms with E-state index in [-0.39, 0.29) is 30.0 Å². The van der Waals surface area contributed by atoms with Gasteiger partial charge in [0, 0.05) is 18.7 Å². The molecule has 0 aromatic heterocycles. The predicted octanol–water partition coefficient (Wildman–Crippen LogP) is 3.11. The molecule has 0 unspecified atom stereocenters. The Balaban J connectivity index is 1.42. The van der Waals surface area contributed by atoms with E-state index in [1.165, 1.54) is 12.1 Å². The van der Waals surface area contributed by atoms with Crippen LogP contribution in [0.1, 0.15) is 41.6 Å². The van der Waals surface area contributed by atoms with Crippen molar-refractivity contribution >= 4 is 11.8 Å². The lowest BCUT2D eigenvalue weighted by molar-refractivity contribution is -0.137. The zero-order chi connectivity index (χ0) is 21.7. The molecule has 0 radical (unpaired) electrons. The molecule has 30 heavy (non-hydrogen) atoms. The van der Waals surface area contributed by atoms with Crippen molar-refractivity contribution in [2.24, 2.45) is 5.92 Å². The number of halogens is 4. The molecule has 2 aliphatic rings. The van der Waals surface area contributed by atoms with Crippen molar-refractivity contribution in [2.45, 2.75) is 37.9 Å². The first-order valence-electron chi connectivity index (χ1n) is 10.3. The van der Waals surface area contributed by atoms with Crippen LogP contribution in [0.15, 0.2) is 24.3 Å². The van der Waals surface area contributed by atoms with Crippen LogP contribution in [0, 0.1) is 5.92 Å². The summed E-state index contributed by atoms with van der Waals surface area (Å²) in [5.74, 6) is -0.354. The third-order valence-corrected chi connectivity index (χ3v) is 5.94. The highest BCUT2D eigenvalue weighted by atomic mass is 19.4. The molecule has 1 aromatic rings. The van der Waals surface area contributed by atoms with Gasteiger partial charge in [0.05, 0.1) is 18.2 Å². The fraction of sp³-hybridized carbons (Fsp3) is 0.619. The van der Waals surface area contributed by atoms with Crippen LogP contribution in [-0.4, -0.2) is 67.1 Å². The van der Waals surface area contributed by atoms with E-state index in [0.29, 0.717) is 26.2 Å². The molecule has 0 bridgehead atoms. The van der Waals surface area contributed by atoms with Gasteiger partial charge in [-0.2, -0.15) is 13.2 Å². The quantitative estimate of drug-likeness (QED) is 0.707. The van der Waals surface area contributed by atoms with Crippen LogP contribution in [0.4, 0.5) is 17.6 Å². The van der Waals surface area contributed by atoms with Crippen LogP contribution in [-0.2, 0) is 11.0 Å². The van der Waals surface area contributed by atoms with Gasteiger partial charge in [0.2, 0.25) is 5.91 Å². The lowest BCUT2D eigenvalue weighted by atomic mass is 9.96. The highest BCUT2D eigenvalue weighted by molar-refractivity contribution is 5.94. The molecule has 9 heteroatoms. The first-order chi connectivity index (χ1) is 14.3. The first kappa shape index (κ1) is 22.5. The maximum atomic E-state index is 13.0. The number of rotatable bonds is 6. The van der Waals surface area contributed by atoms with Crippen molar-refractivity contribution in [1.29, 1.82) is 0 Å². The zero-order valence-corrected chi connectivity index (χ0v) is 16.8. The molecule has 2 aliphatic heterocycles. The van der Waals surface area contributed by atoms with Crippen LogP contribution in [0.2, 0.25) is 0 Å². The zero-order valence-electron chi connectivity index (χ0n) is 16.8. The van der Waals surface area contributed by atoms with E-state index in [0.717, 1.165) is 37.8 Å². The van der Waals surface area contributed by atoms with Crippen molar-refractivity contribution in [3.05, 3.63) is 35.4 Å². The van der Waals surface area contributed by atoms with Crippen molar-refractivity contribution < 1.29 is 27.2 Å². The molecule has 2 heterocycles. The van der Waals surface area contributed by atoms with E-state index < -0.39 is 24.3 Å². The number of benzene rings is 1. The molecule has 2 saturated heterocycles. The molecule has 3 rings (SSSR count). The predicted molar refractivity (Wildman–Crippen MR) is 104 cm³/mol. The summed E-state index contributed by atoms with van der Waals surface area (Å²) in [6.45, 7) is 2.17. The number of nitrogens with one attached hydrogen (secondary N) is 1. The molecule has 0 aliphatic carbocycles. The van der Waals surface area contributed by atoms with Crippen LogP contribution >= 0.6 is 0 Å². The third-order valence-electron chi connectivity index (χ3n) is 5.94. The van der Waals surface area contributed by atoms with E-state index in [1.807, 2.05) is 4.90 Å². The Morgan fingerprint density at radius 2 is 1.83 bits per heavy atom. The smallest absolute Gasteiger partial charge is 0.352 e. The Morgan fingerprint density at radius 3 is 2.50 bits per heavy atom. The van der Waals surface area contributed by atoms with E-state index >= 15 is 0 Å². The molecule has 1 atom stereocenters. The Morgan fingerprint density at radius 1 is 1.10 bits per heavy atom. The van der Waals surface area contributed by atoms with Crippen molar-refractivity contribution in [3.63, 3.8) is 0 Å². The lowest BCUT2D eigenvalue weighted by Crippen LogP contribution is -2.46. The minimum absolute atomic E-state index is 0.0131. The van der Waals surface area contributed by atoms with Crippen LogP contribution < -0.4 is 5.32 Å². The second-order valence-corrected chi connectivity index (χ2v) is 8.05. The van der Waals surface area contributed by atoms with Gasteiger partial charge in [0.1, 0.15) is 6.67 Å². The number of amides is 2. The molecule has 166 valence electrons. The summed E-state index contributed by atoms with van der Waals surface area (Å²) < 4.78 is 51.4. The van der Waals surface area contributed by atoms with Gasteiger partial charge >= 0.3 is 6.18 Å². The summed E-state index contributed by atoms with van der Waals surface area (Å²) in [7, 11) is 0. The number of hydrogen-bond donors (Lipinski definition) is 1. The monoisotopic (exact) mass is 429 g/mol. The molecule has 5 nitrogen and oxygen atoms in total. The summed E-state index contributed by atoms with van der Waals surface area (Å²) >= 11 is 0. The van der Waals surface area contributed by atoms with Gasteiger partial charge in [-0.3, -0.25) is 14.5 Å². The average Bonchev–Trinajstić information content (AvgIpc) is 3.21. The van der Waals surface area contributed by atoms with Crippen LogP contribution in [0.3, 0.4) is 0 Å². The number of hydrogen-bond acceptors (Lipinski definition) is 3. The van der Waals surface area contributed by atoms with Gasteiger partial charge in [0.25, 0.3) is 5.91 Å². The second-order valence-electron chi connectivity index (χ2n) is 8.05.